The van der Waals surface area contributed by atoms with Gasteiger partial charge in [-0.15, -0.1) is 0 Å². The molecule has 6 heteroatoms. The summed E-state index contributed by atoms with van der Waals surface area (Å²) in [7, 11) is 0. The minimum Gasteiger partial charge on any atom is -0.443 e. The Morgan fingerprint density at radius 1 is 1.55 bits per heavy atom. The minimum atomic E-state index is -0.637. The van der Waals surface area contributed by atoms with E-state index in [0.717, 1.165) is 12.8 Å². The van der Waals surface area contributed by atoms with Gasteiger partial charge in [0.05, 0.1) is 12.1 Å². The van der Waals surface area contributed by atoms with E-state index < -0.39 is 23.3 Å². The van der Waals surface area contributed by atoms with Gasteiger partial charge in [-0.25, -0.2) is 9.69 Å². The van der Waals surface area contributed by atoms with Gasteiger partial charge in [-0.2, -0.15) is 0 Å². The monoisotopic (exact) mass is 282 g/mol. The van der Waals surface area contributed by atoms with Gasteiger partial charge in [0.25, 0.3) is 5.91 Å². The van der Waals surface area contributed by atoms with Crippen LogP contribution in [-0.2, 0) is 9.53 Å². The zero-order valence-corrected chi connectivity index (χ0v) is 12.2. The molecule has 2 aliphatic rings. The van der Waals surface area contributed by atoms with Crippen molar-refractivity contribution in [1.29, 1.82) is 0 Å². The number of hydrogen-bond acceptors (Lipinski definition) is 5. The molecular weight excluding hydrogens is 260 g/mol. The first-order valence-electron chi connectivity index (χ1n) is 6.83. The zero-order valence-electron chi connectivity index (χ0n) is 12.2. The normalized spacial score (nSPS) is 24.4. The lowest BCUT2D eigenvalue weighted by Gasteiger charge is -2.26. The average Bonchev–Trinajstić information content (AvgIpc) is 2.99. The Labute approximate surface area is 118 Å². The summed E-state index contributed by atoms with van der Waals surface area (Å²) in [6.07, 6.45) is 3.04. The summed E-state index contributed by atoms with van der Waals surface area (Å²) in [6.45, 7) is 5.08. The molecule has 0 bridgehead atoms. The Bertz CT molecular complexity index is 460. The Hall–Kier alpha value is -1.40. The number of likely N-dealkylation sites (tertiary alicyclic amines) is 1. The average molecular weight is 282 g/mol. The van der Waals surface area contributed by atoms with Crippen LogP contribution in [0.2, 0.25) is 0 Å². The first kappa shape index (κ1) is 15.0. The van der Waals surface area contributed by atoms with Crippen LogP contribution in [0, 0.1) is 0 Å². The van der Waals surface area contributed by atoms with Crippen LogP contribution in [0.3, 0.4) is 0 Å². The van der Waals surface area contributed by atoms with Crippen molar-refractivity contribution in [2.45, 2.75) is 57.2 Å². The van der Waals surface area contributed by atoms with Gasteiger partial charge < -0.3 is 15.6 Å². The molecule has 2 amide bonds. The maximum atomic E-state index is 12.4. The second kappa shape index (κ2) is 4.86. The maximum Gasteiger partial charge on any atom is 0.417 e. The molecule has 3 N–H and O–H groups in total. The molecule has 0 aromatic heterocycles. The van der Waals surface area contributed by atoms with E-state index in [1.165, 1.54) is 4.90 Å². The highest BCUT2D eigenvalue weighted by atomic mass is 16.6. The predicted octanol–water partition coefficient (Wildman–Crippen LogP) is 0.932. The van der Waals surface area contributed by atoms with Crippen LogP contribution in [0.15, 0.2) is 11.6 Å². The van der Waals surface area contributed by atoms with Gasteiger partial charge in [0.1, 0.15) is 5.60 Å². The molecule has 0 radical (unpaired) electrons. The summed E-state index contributed by atoms with van der Waals surface area (Å²) in [4.78, 5) is 25.8. The molecule has 1 heterocycles. The lowest BCUT2D eigenvalue weighted by Crippen LogP contribution is -2.43. The molecule has 1 atom stereocenters. The SMILES string of the molecule is CC(C)(C)OC(=O)N1C(=O)/C(=C/[C@H](N)CO)CC12CC2. The number of imide groups is 1. The number of aliphatic hydroxyl groups excluding tert-OH is 1. The summed E-state index contributed by atoms with van der Waals surface area (Å²) in [6, 6.07) is -0.580. The summed E-state index contributed by atoms with van der Waals surface area (Å²) in [5.74, 6) is -0.347. The van der Waals surface area contributed by atoms with Crippen molar-refractivity contribution in [2.75, 3.05) is 6.61 Å². The van der Waals surface area contributed by atoms with E-state index in [0.29, 0.717) is 12.0 Å². The van der Waals surface area contributed by atoms with Crippen LogP contribution >= 0.6 is 0 Å². The van der Waals surface area contributed by atoms with Crippen molar-refractivity contribution in [3.8, 4) is 0 Å². The number of hydrogen-bond donors (Lipinski definition) is 2. The third-order valence-electron chi connectivity index (χ3n) is 3.50. The molecule has 20 heavy (non-hydrogen) atoms. The summed E-state index contributed by atoms with van der Waals surface area (Å²) in [5.41, 5.74) is 5.08. The number of carbonyl (C=O) groups excluding carboxylic acids is 2. The zero-order chi connectivity index (χ0) is 15.1. The highest BCUT2D eigenvalue weighted by Gasteiger charge is 2.59. The van der Waals surface area contributed by atoms with E-state index in [1.807, 2.05) is 0 Å². The van der Waals surface area contributed by atoms with Crippen LogP contribution in [0.5, 0.6) is 0 Å². The number of aliphatic hydroxyl groups is 1. The van der Waals surface area contributed by atoms with Crippen molar-refractivity contribution in [3.05, 3.63) is 11.6 Å². The number of amides is 2. The third-order valence-corrected chi connectivity index (χ3v) is 3.50. The van der Waals surface area contributed by atoms with Gasteiger partial charge in [0.2, 0.25) is 0 Å². The van der Waals surface area contributed by atoms with Gasteiger partial charge in [-0.05, 0) is 33.6 Å². The van der Waals surface area contributed by atoms with Crippen LogP contribution in [0.1, 0.15) is 40.0 Å². The molecule has 1 saturated heterocycles. The fourth-order valence-electron chi connectivity index (χ4n) is 2.44. The Morgan fingerprint density at radius 2 is 2.15 bits per heavy atom. The van der Waals surface area contributed by atoms with Crippen molar-refractivity contribution >= 4 is 12.0 Å². The molecule has 0 aromatic rings. The van der Waals surface area contributed by atoms with E-state index in [2.05, 4.69) is 0 Å². The number of nitrogens with zero attached hydrogens (tertiary/aromatic N) is 1. The van der Waals surface area contributed by atoms with E-state index >= 15 is 0 Å². The number of rotatable bonds is 2. The summed E-state index contributed by atoms with van der Waals surface area (Å²) in [5, 5.41) is 8.97. The van der Waals surface area contributed by atoms with E-state index in [1.54, 1.807) is 26.8 Å². The van der Waals surface area contributed by atoms with Crippen molar-refractivity contribution < 1.29 is 19.4 Å². The quantitative estimate of drug-likeness (QED) is 0.735. The smallest absolute Gasteiger partial charge is 0.417 e. The predicted molar refractivity (Wildman–Crippen MR) is 72.8 cm³/mol. The minimum absolute atomic E-state index is 0.226. The second-order valence-electron chi connectivity index (χ2n) is 6.56. The van der Waals surface area contributed by atoms with Gasteiger partial charge in [-0.1, -0.05) is 6.08 Å². The molecule has 1 aliphatic carbocycles. The van der Waals surface area contributed by atoms with Crippen molar-refractivity contribution in [2.24, 2.45) is 5.73 Å². The topological polar surface area (TPSA) is 92.9 Å². The van der Waals surface area contributed by atoms with Gasteiger partial charge in [-0.3, -0.25) is 4.79 Å². The molecule has 112 valence electrons. The fourth-order valence-corrected chi connectivity index (χ4v) is 2.44. The molecule has 0 unspecified atom stereocenters. The standard InChI is InChI=1S/C14H22N2O4/c1-13(2,3)20-12(19)16-11(18)9(6-10(15)8-17)7-14(16)4-5-14/h6,10,17H,4-5,7-8,15H2,1-3H3/b9-6+/t10-/m0/s1. The molecule has 2 fully saturated rings. The lowest BCUT2D eigenvalue weighted by atomic mass is 10.1. The van der Waals surface area contributed by atoms with Gasteiger partial charge in [0, 0.05) is 18.0 Å². The Balaban J connectivity index is 2.20. The van der Waals surface area contributed by atoms with E-state index in [-0.39, 0.29) is 12.5 Å². The van der Waals surface area contributed by atoms with Gasteiger partial charge >= 0.3 is 6.09 Å². The molecule has 1 saturated carbocycles. The Kier molecular flexibility index (Phi) is 3.64. The number of nitrogens with two attached hydrogens (primary N) is 1. The third kappa shape index (κ3) is 2.86. The van der Waals surface area contributed by atoms with Crippen LogP contribution in [0.4, 0.5) is 4.79 Å². The van der Waals surface area contributed by atoms with Crippen molar-refractivity contribution in [1.82, 2.24) is 4.90 Å². The van der Waals surface area contributed by atoms with E-state index in [9.17, 15) is 9.59 Å². The largest absolute Gasteiger partial charge is 0.443 e. The maximum absolute atomic E-state index is 12.4. The molecule has 1 spiro atoms. The highest BCUT2D eigenvalue weighted by Crippen LogP contribution is 2.52. The van der Waals surface area contributed by atoms with E-state index in [4.69, 9.17) is 15.6 Å². The fraction of sp³-hybridized carbons (Fsp3) is 0.714. The van der Waals surface area contributed by atoms with Crippen molar-refractivity contribution in [3.63, 3.8) is 0 Å². The summed E-state index contributed by atoms with van der Waals surface area (Å²) < 4.78 is 5.31. The first-order valence-corrected chi connectivity index (χ1v) is 6.83. The molecule has 1 aliphatic heterocycles. The lowest BCUT2D eigenvalue weighted by molar-refractivity contribution is -0.125. The number of carbonyl (C=O) groups is 2. The molecule has 6 nitrogen and oxygen atoms in total. The van der Waals surface area contributed by atoms with Crippen LogP contribution in [0.25, 0.3) is 0 Å². The number of ether oxygens (including phenoxy) is 1. The van der Waals surface area contributed by atoms with Crippen LogP contribution < -0.4 is 5.73 Å². The Morgan fingerprint density at radius 3 is 2.60 bits per heavy atom. The van der Waals surface area contributed by atoms with Crippen LogP contribution in [-0.4, -0.2) is 45.8 Å². The summed E-state index contributed by atoms with van der Waals surface area (Å²) >= 11 is 0. The molecular formula is C14H22N2O4. The second-order valence-corrected chi connectivity index (χ2v) is 6.56. The highest BCUT2D eigenvalue weighted by molar-refractivity contribution is 6.06. The first-order chi connectivity index (χ1) is 9.18. The molecule has 0 aromatic carbocycles. The van der Waals surface area contributed by atoms with Gasteiger partial charge in [0.15, 0.2) is 0 Å². The molecule has 2 rings (SSSR count).